The van der Waals surface area contributed by atoms with Crippen LogP contribution in [0.2, 0.25) is 0 Å². The predicted molar refractivity (Wildman–Crippen MR) is 115 cm³/mol. The Balaban J connectivity index is 0.000000267. The smallest absolute Gasteiger partial charge is 0.323 e. The number of carbonyl (C=O) groups is 8. The van der Waals surface area contributed by atoms with E-state index in [1.54, 1.807) is 0 Å². The quantitative estimate of drug-likeness (QED) is 0.146. The van der Waals surface area contributed by atoms with Crippen LogP contribution in [0.4, 0.5) is 0 Å². The molecule has 38 heavy (non-hydrogen) atoms. The van der Waals surface area contributed by atoms with Gasteiger partial charge in [-0.3, -0.25) is 38.4 Å². The van der Waals surface area contributed by atoms with Gasteiger partial charge < -0.3 is 40.9 Å². The average molecular weight is 546 g/mol. The lowest BCUT2D eigenvalue weighted by molar-refractivity contribution is -0.196. The molecule has 210 valence electrons. The van der Waals surface area contributed by atoms with Crippen molar-refractivity contribution in [3.8, 4) is 0 Å². The van der Waals surface area contributed by atoms with E-state index in [-0.39, 0.29) is 32.1 Å². The summed E-state index contributed by atoms with van der Waals surface area (Å²) in [5, 5.41) is 73.9. The Morgan fingerprint density at radius 1 is 0.500 bits per heavy atom. The predicted octanol–water partition coefficient (Wildman–Crippen LogP) is -0.0108. The Bertz CT molecular complexity index is 1020. The molecule has 0 aromatic heterocycles. The van der Waals surface area contributed by atoms with Crippen LogP contribution in [0.1, 0.15) is 51.4 Å². The van der Waals surface area contributed by atoms with E-state index in [1.807, 2.05) is 0 Å². The van der Waals surface area contributed by atoms with E-state index in [2.05, 4.69) is 0 Å². The van der Waals surface area contributed by atoms with Gasteiger partial charge in [0.1, 0.15) is 0 Å². The molecule has 3 aliphatic rings. The third-order valence-corrected chi connectivity index (χ3v) is 8.39. The zero-order valence-corrected chi connectivity index (χ0v) is 19.7. The molecule has 3 unspecified atom stereocenters. The number of fused-ring (bicyclic) bond motifs is 2. The maximum atomic E-state index is 11.5. The minimum Gasteiger partial charge on any atom is -0.481 e. The third kappa shape index (κ3) is 3.65. The third-order valence-electron chi connectivity index (χ3n) is 8.39. The molecule has 16 heteroatoms. The zero-order chi connectivity index (χ0) is 29.4. The van der Waals surface area contributed by atoms with Gasteiger partial charge in [-0.2, -0.15) is 0 Å². The highest BCUT2D eigenvalue weighted by molar-refractivity contribution is 6.13. The van der Waals surface area contributed by atoms with E-state index >= 15 is 0 Å². The fourth-order valence-electron chi connectivity index (χ4n) is 6.62. The first-order chi connectivity index (χ1) is 17.4. The van der Waals surface area contributed by atoms with Crippen LogP contribution in [0.15, 0.2) is 0 Å². The molecule has 0 aromatic rings. The van der Waals surface area contributed by atoms with Crippen LogP contribution in [-0.4, -0.2) is 88.6 Å². The minimum atomic E-state index is -2.85. The van der Waals surface area contributed by atoms with Gasteiger partial charge in [0.15, 0.2) is 16.2 Å². The Labute approximate surface area is 212 Å². The molecule has 0 saturated heterocycles. The Hall–Kier alpha value is -4.24. The highest BCUT2D eigenvalue weighted by Crippen LogP contribution is 2.67. The van der Waals surface area contributed by atoms with Gasteiger partial charge in [-0.05, 0) is 38.0 Å². The van der Waals surface area contributed by atoms with Crippen molar-refractivity contribution < 1.29 is 79.2 Å². The maximum Gasteiger partial charge on any atom is 0.323 e. The van der Waals surface area contributed by atoms with Crippen molar-refractivity contribution in [2.24, 2.45) is 33.5 Å². The molecule has 3 fully saturated rings. The van der Waals surface area contributed by atoms with Gasteiger partial charge in [-0.25, -0.2) is 0 Å². The molecule has 8 N–H and O–H groups in total. The number of hydrogen-bond acceptors (Lipinski definition) is 8. The van der Waals surface area contributed by atoms with Crippen LogP contribution in [-0.2, 0) is 38.4 Å². The molecule has 3 atom stereocenters. The van der Waals surface area contributed by atoms with Crippen molar-refractivity contribution in [3.05, 3.63) is 0 Å². The van der Waals surface area contributed by atoms with E-state index in [0.717, 1.165) is 0 Å². The summed E-state index contributed by atoms with van der Waals surface area (Å²) < 4.78 is 0. The van der Waals surface area contributed by atoms with Crippen molar-refractivity contribution in [3.63, 3.8) is 0 Å². The molecule has 0 radical (unpaired) electrons. The van der Waals surface area contributed by atoms with Gasteiger partial charge in [-0.15, -0.1) is 0 Å². The lowest BCUT2D eigenvalue weighted by Gasteiger charge is -2.40. The average Bonchev–Trinajstić information content (AvgIpc) is 3.28. The highest BCUT2D eigenvalue weighted by atomic mass is 16.4. The number of hydrogen-bond donors (Lipinski definition) is 8. The zero-order valence-electron chi connectivity index (χ0n) is 19.7. The van der Waals surface area contributed by atoms with Gasteiger partial charge in [0.05, 0.1) is 11.3 Å². The molecule has 3 rings (SSSR count). The summed E-state index contributed by atoms with van der Waals surface area (Å²) in [5.74, 6) is -17.1. The lowest BCUT2D eigenvalue weighted by atomic mass is 9.58. The van der Waals surface area contributed by atoms with Gasteiger partial charge in [0, 0.05) is 0 Å². The molecule has 16 nitrogen and oxygen atoms in total. The molecule has 2 bridgehead atoms. The summed E-state index contributed by atoms with van der Waals surface area (Å²) in [6.45, 7) is 0. The summed E-state index contributed by atoms with van der Waals surface area (Å²) in [7, 11) is 0. The number of rotatable bonds is 8. The second kappa shape index (κ2) is 9.90. The highest BCUT2D eigenvalue weighted by Gasteiger charge is 2.80. The van der Waals surface area contributed by atoms with E-state index in [0.29, 0.717) is 6.42 Å². The van der Waals surface area contributed by atoms with E-state index in [1.165, 1.54) is 0 Å². The number of carboxylic acids is 8. The van der Waals surface area contributed by atoms with Crippen LogP contribution in [0.3, 0.4) is 0 Å². The SMILES string of the molecule is O=C(O)C1(C(=O)O)CCCCCC1(C(=O)O)C(=O)O.O=C(O)C1C2CCC(C(=O)O)(C2)C1(C(=O)O)C(=O)O. The Morgan fingerprint density at radius 3 is 1.18 bits per heavy atom. The summed E-state index contributed by atoms with van der Waals surface area (Å²) >= 11 is 0. The first-order valence-electron chi connectivity index (χ1n) is 11.3. The Morgan fingerprint density at radius 2 is 0.895 bits per heavy atom. The minimum absolute atomic E-state index is 0.130. The summed E-state index contributed by atoms with van der Waals surface area (Å²) in [6.07, 6.45) is -0.474. The van der Waals surface area contributed by atoms with Gasteiger partial charge >= 0.3 is 47.8 Å². The second-order valence-electron chi connectivity index (χ2n) is 9.72. The number of aliphatic carboxylic acids is 8. The molecule has 3 saturated carbocycles. The van der Waals surface area contributed by atoms with Crippen LogP contribution in [0.5, 0.6) is 0 Å². The van der Waals surface area contributed by atoms with Gasteiger partial charge in [0.2, 0.25) is 0 Å². The molecule has 3 aliphatic carbocycles. The first-order valence-corrected chi connectivity index (χ1v) is 11.3. The van der Waals surface area contributed by atoms with E-state index in [9.17, 15) is 74.1 Å². The van der Waals surface area contributed by atoms with Crippen molar-refractivity contribution in [2.45, 2.75) is 51.4 Å². The standard InChI is InChI=1S/C11H12O8.C11H14O8/c12-6(13)5-4-1-2-10(3-4,7(14)15)11(5,8(16)17)9(18)19;12-6(13)10(7(14)15)4-2-1-3-5-11(10,8(16)17)9(18)19/h4-5H,1-3H2,(H,12,13)(H,14,15)(H,16,17)(H,18,19);1-5H2,(H,12,13)(H,14,15)(H,16,17)(H,18,19). The van der Waals surface area contributed by atoms with Crippen molar-refractivity contribution in [1.29, 1.82) is 0 Å². The number of carboxylic acid groups (broad SMARTS) is 8. The monoisotopic (exact) mass is 546 g/mol. The molecular formula is C22H26O16. The van der Waals surface area contributed by atoms with Crippen molar-refractivity contribution in [2.75, 3.05) is 0 Å². The first kappa shape index (κ1) is 30.0. The van der Waals surface area contributed by atoms with Crippen LogP contribution in [0.25, 0.3) is 0 Å². The normalized spacial score (nSPS) is 28.0. The van der Waals surface area contributed by atoms with Crippen LogP contribution >= 0.6 is 0 Å². The largest absolute Gasteiger partial charge is 0.481 e. The fraction of sp³-hybridized carbons (Fsp3) is 0.636. The molecule has 0 heterocycles. The summed E-state index contributed by atoms with van der Waals surface area (Å²) in [4.78, 5) is 91.2. The van der Waals surface area contributed by atoms with Crippen LogP contribution < -0.4 is 0 Å². The molecule has 0 spiro atoms. The molecule has 0 aromatic carbocycles. The van der Waals surface area contributed by atoms with E-state index < -0.39 is 94.1 Å². The summed E-state index contributed by atoms with van der Waals surface area (Å²) in [5.41, 5.74) is -10.5. The lowest BCUT2D eigenvalue weighted by Crippen LogP contribution is -2.60. The van der Waals surface area contributed by atoms with E-state index in [4.69, 9.17) is 5.11 Å². The topological polar surface area (TPSA) is 298 Å². The van der Waals surface area contributed by atoms with Gasteiger partial charge in [-0.1, -0.05) is 19.3 Å². The molecule has 0 aliphatic heterocycles. The molecular weight excluding hydrogens is 520 g/mol. The van der Waals surface area contributed by atoms with Crippen molar-refractivity contribution in [1.82, 2.24) is 0 Å². The van der Waals surface area contributed by atoms with Crippen LogP contribution in [0, 0.1) is 33.5 Å². The van der Waals surface area contributed by atoms with Gasteiger partial charge in [0.25, 0.3) is 0 Å². The summed E-state index contributed by atoms with van der Waals surface area (Å²) in [6, 6.07) is 0. The van der Waals surface area contributed by atoms with Crippen molar-refractivity contribution >= 4 is 47.8 Å². The molecule has 0 amide bonds. The second-order valence-corrected chi connectivity index (χ2v) is 9.72. The fourth-order valence-corrected chi connectivity index (χ4v) is 6.62. The Kier molecular flexibility index (Phi) is 7.82. The maximum absolute atomic E-state index is 11.5.